The van der Waals surface area contributed by atoms with Gasteiger partial charge in [-0.05, 0) is 32.1 Å². The minimum absolute atomic E-state index is 0.290. The van der Waals surface area contributed by atoms with Crippen LogP contribution in [0.5, 0.6) is 0 Å². The normalized spacial score (nSPS) is 29.6. The number of unbranched alkanes of at least 4 members (excludes halogenated alkanes) is 1. The number of carbonyl (C=O) groups is 2. The highest BCUT2D eigenvalue weighted by Gasteiger charge is 2.57. The van der Waals surface area contributed by atoms with E-state index in [1.165, 1.54) is 0 Å². The first-order valence-electron chi connectivity index (χ1n) is 7.38. The van der Waals surface area contributed by atoms with Gasteiger partial charge in [-0.25, -0.2) is 0 Å². The molecule has 2 atom stereocenters. The standard InChI is InChI=1S/C16H26O4/c1-12(2)8-4-5-10-16(14(19)20)11-7-6-9-15(16,3)13(17)18/h6-7,12H,4-5,8-11H2,1-3H3,(H,17,18)(H,19,20). The fraction of sp³-hybridized carbons (Fsp3) is 0.750. The Morgan fingerprint density at radius 2 is 1.70 bits per heavy atom. The van der Waals surface area contributed by atoms with E-state index in [1.54, 1.807) is 13.0 Å². The molecule has 1 rings (SSSR count). The van der Waals surface area contributed by atoms with Crippen LogP contribution >= 0.6 is 0 Å². The van der Waals surface area contributed by atoms with E-state index < -0.39 is 22.8 Å². The number of carboxylic acid groups (broad SMARTS) is 2. The molecule has 0 saturated carbocycles. The summed E-state index contributed by atoms with van der Waals surface area (Å²) >= 11 is 0. The molecule has 4 nitrogen and oxygen atoms in total. The zero-order valence-corrected chi connectivity index (χ0v) is 12.7. The fourth-order valence-corrected chi connectivity index (χ4v) is 3.10. The Morgan fingerprint density at radius 1 is 1.10 bits per heavy atom. The van der Waals surface area contributed by atoms with E-state index in [-0.39, 0.29) is 0 Å². The first kappa shape index (κ1) is 16.7. The van der Waals surface area contributed by atoms with Crippen LogP contribution in [0.1, 0.15) is 59.3 Å². The molecule has 0 saturated heterocycles. The van der Waals surface area contributed by atoms with Crippen molar-refractivity contribution >= 4 is 11.9 Å². The summed E-state index contributed by atoms with van der Waals surface area (Å²) in [6, 6.07) is 0. The summed E-state index contributed by atoms with van der Waals surface area (Å²) in [5, 5.41) is 19.2. The Kier molecular flexibility index (Phi) is 5.37. The predicted molar refractivity (Wildman–Crippen MR) is 77.5 cm³/mol. The molecule has 0 fully saturated rings. The molecule has 0 radical (unpaired) electrons. The van der Waals surface area contributed by atoms with Crippen LogP contribution in [0.3, 0.4) is 0 Å². The van der Waals surface area contributed by atoms with Crippen LogP contribution in [0.15, 0.2) is 12.2 Å². The second kappa shape index (κ2) is 6.42. The maximum atomic E-state index is 11.8. The Bertz CT molecular complexity index is 399. The van der Waals surface area contributed by atoms with Crippen molar-refractivity contribution in [2.75, 3.05) is 0 Å². The van der Waals surface area contributed by atoms with Crippen molar-refractivity contribution in [2.45, 2.75) is 59.3 Å². The summed E-state index contributed by atoms with van der Waals surface area (Å²) in [6.07, 6.45) is 7.42. The molecular weight excluding hydrogens is 256 g/mol. The van der Waals surface area contributed by atoms with E-state index in [0.29, 0.717) is 25.2 Å². The number of carboxylic acids is 2. The monoisotopic (exact) mass is 282 g/mol. The van der Waals surface area contributed by atoms with Crippen molar-refractivity contribution in [3.05, 3.63) is 12.2 Å². The van der Waals surface area contributed by atoms with E-state index in [4.69, 9.17) is 0 Å². The molecule has 1 aliphatic rings. The summed E-state index contributed by atoms with van der Waals surface area (Å²) < 4.78 is 0. The summed E-state index contributed by atoms with van der Waals surface area (Å²) in [6.45, 7) is 5.85. The van der Waals surface area contributed by atoms with E-state index in [0.717, 1.165) is 19.3 Å². The molecule has 0 heterocycles. The number of hydrogen-bond donors (Lipinski definition) is 2. The second-order valence-electron chi connectivity index (χ2n) is 6.54. The summed E-state index contributed by atoms with van der Waals surface area (Å²) in [4.78, 5) is 23.5. The average Bonchev–Trinajstić information content (AvgIpc) is 2.36. The van der Waals surface area contributed by atoms with Crippen molar-refractivity contribution in [3.63, 3.8) is 0 Å². The predicted octanol–water partition coefficient (Wildman–Crippen LogP) is 3.71. The molecule has 114 valence electrons. The summed E-state index contributed by atoms with van der Waals surface area (Å²) in [7, 11) is 0. The quantitative estimate of drug-likeness (QED) is 0.551. The molecule has 0 amide bonds. The van der Waals surface area contributed by atoms with Crippen LogP contribution in [-0.4, -0.2) is 22.2 Å². The smallest absolute Gasteiger partial charge is 0.311 e. The van der Waals surface area contributed by atoms with Crippen molar-refractivity contribution in [3.8, 4) is 0 Å². The Morgan fingerprint density at radius 3 is 2.20 bits per heavy atom. The topological polar surface area (TPSA) is 74.6 Å². The highest BCUT2D eigenvalue weighted by Crippen LogP contribution is 2.52. The lowest BCUT2D eigenvalue weighted by atomic mass is 9.56. The lowest BCUT2D eigenvalue weighted by Crippen LogP contribution is -2.51. The maximum absolute atomic E-state index is 11.8. The molecule has 2 unspecified atom stereocenters. The van der Waals surface area contributed by atoms with Gasteiger partial charge in [0.15, 0.2) is 0 Å². The van der Waals surface area contributed by atoms with Gasteiger partial charge < -0.3 is 10.2 Å². The highest BCUT2D eigenvalue weighted by atomic mass is 16.4. The second-order valence-corrected chi connectivity index (χ2v) is 6.54. The van der Waals surface area contributed by atoms with Gasteiger partial charge in [-0.15, -0.1) is 0 Å². The summed E-state index contributed by atoms with van der Waals surface area (Å²) in [5.74, 6) is -1.39. The number of hydrogen-bond acceptors (Lipinski definition) is 2. The number of rotatable bonds is 7. The molecule has 0 aromatic heterocycles. The maximum Gasteiger partial charge on any atom is 0.311 e. The minimum Gasteiger partial charge on any atom is -0.481 e. The average molecular weight is 282 g/mol. The van der Waals surface area contributed by atoms with Crippen molar-refractivity contribution < 1.29 is 19.8 Å². The van der Waals surface area contributed by atoms with Crippen LogP contribution in [0.4, 0.5) is 0 Å². The SMILES string of the molecule is CC(C)CCCCC1(C(=O)O)CC=CCC1(C)C(=O)O. The zero-order valence-electron chi connectivity index (χ0n) is 12.7. The molecule has 2 N–H and O–H groups in total. The lowest BCUT2D eigenvalue weighted by molar-refractivity contribution is -0.174. The van der Waals surface area contributed by atoms with Crippen LogP contribution in [-0.2, 0) is 9.59 Å². The van der Waals surface area contributed by atoms with Gasteiger partial charge in [0.05, 0.1) is 10.8 Å². The molecular formula is C16H26O4. The minimum atomic E-state index is -1.22. The van der Waals surface area contributed by atoms with Gasteiger partial charge in [0.2, 0.25) is 0 Å². The highest BCUT2D eigenvalue weighted by molar-refractivity contribution is 5.87. The van der Waals surface area contributed by atoms with Crippen molar-refractivity contribution in [1.29, 1.82) is 0 Å². The van der Waals surface area contributed by atoms with E-state index in [2.05, 4.69) is 13.8 Å². The van der Waals surface area contributed by atoms with Crippen LogP contribution in [0.25, 0.3) is 0 Å². The Balaban J connectivity index is 2.92. The van der Waals surface area contributed by atoms with Gasteiger partial charge in [0.25, 0.3) is 0 Å². The molecule has 1 aliphatic carbocycles. The third-order valence-electron chi connectivity index (χ3n) is 4.73. The Labute approximate surface area is 120 Å². The van der Waals surface area contributed by atoms with Crippen LogP contribution in [0.2, 0.25) is 0 Å². The zero-order chi connectivity index (χ0) is 15.4. The molecule has 20 heavy (non-hydrogen) atoms. The van der Waals surface area contributed by atoms with Gasteiger partial charge in [0, 0.05) is 0 Å². The van der Waals surface area contributed by atoms with Crippen LogP contribution in [0, 0.1) is 16.7 Å². The molecule has 4 heteroatoms. The van der Waals surface area contributed by atoms with Gasteiger partial charge in [0.1, 0.15) is 0 Å². The summed E-state index contributed by atoms with van der Waals surface area (Å²) in [5.41, 5.74) is -2.39. The van der Waals surface area contributed by atoms with E-state index >= 15 is 0 Å². The number of allylic oxidation sites excluding steroid dienone is 2. The fourth-order valence-electron chi connectivity index (χ4n) is 3.10. The van der Waals surface area contributed by atoms with Gasteiger partial charge in [-0.1, -0.05) is 45.3 Å². The van der Waals surface area contributed by atoms with E-state index in [9.17, 15) is 19.8 Å². The van der Waals surface area contributed by atoms with Crippen molar-refractivity contribution in [2.24, 2.45) is 16.7 Å². The lowest BCUT2D eigenvalue weighted by Gasteiger charge is -2.44. The third-order valence-corrected chi connectivity index (χ3v) is 4.73. The first-order valence-corrected chi connectivity index (χ1v) is 7.38. The molecule has 0 aromatic rings. The first-order chi connectivity index (χ1) is 9.26. The van der Waals surface area contributed by atoms with E-state index in [1.807, 2.05) is 6.08 Å². The molecule has 0 aliphatic heterocycles. The number of aliphatic carboxylic acids is 2. The third kappa shape index (κ3) is 3.05. The molecule has 0 spiro atoms. The Hall–Kier alpha value is -1.32. The van der Waals surface area contributed by atoms with Gasteiger partial charge in [-0.2, -0.15) is 0 Å². The van der Waals surface area contributed by atoms with Crippen molar-refractivity contribution in [1.82, 2.24) is 0 Å². The van der Waals surface area contributed by atoms with Gasteiger partial charge >= 0.3 is 11.9 Å². The van der Waals surface area contributed by atoms with Crippen LogP contribution < -0.4 is 0 Å². The molecule has 0 bridgehead atoms. The van der Waals surface area contributed by atoms with Gasteiger partial charge in [-0.3, -0.25) is 9.59 Å². The largest absolute Gasteiger partial charge is 0.481 e. The molecule has 0 aromatic carbocycles.